The summed E-state index contributed by atoms with van der Waals surface area (Å²) in [5.74, 6) is 0.777. The summed E-state index contributed by atoms with van der Waals surface area (Å²) in [7, 11) is 0. The van der Waals surface area contributed by atoms with E-state index in [9.17, 15) is 4.39 Å². The highest BCUT2D eigenvalue weighted by Crippen LogP contribution is 2.23. The molecule has 0 aliphatic heterocycles. The number of benzene rings is 1. The second-order valence-electron chi connectivity index (χ2n) is 2.83. The van der Waals surface area contributed by atoms with Crippen molar-refractivity contribution >= 4 is 11.8 Å². The molecule has 1 nitrogen and oxygen atoms in total. The third kappa shape index (κ3) is 3.39. The van der Waals surface area contributed by atoms with E-state index in [4.69, 9.17) is 5.26 Å². The number of hydrogen-bond donors (Lipinski definition) is 0. The van der Waals surface area contributed by atoms with Gasteiger partial charge in [0.25, 0.3) is 0 Å². The zero-order valence-corrected chi connectivity index (χ0v) is 8.69. The quantitative estimate of drug-likeness (QED) is 0.549. The van der Waals surface area contributed by atoms with Crippen molar-refractivity contribution in [2.45, 2.75) is 17.7 Å². The van der Waals surface area contributed by atoms with Gasteiger partial charge in [0.15, 0.2) is 0 Å². The molecule has 0 atom stereocenters. The summed E-state index contributed by atoms with van der Waals surface area (Å²) in [4.78, 5) is 1.10. The molecule has 0 saturated carbocycles. The van der Waals surface area contributed by atoms with Gasteiger partial charge in [-0.3, -0.25) is 4.39 Å². The lowest BCUT2D eigenvalue weighted by atomic mass is 10.2. The van der Waals surface area contributed by atoms with Gasteiger partial charge in [0.2, 0.25) is 0 Å². The molecule has 0 fully saturated rings. The summed E-state index contributed by atoms with van der Waals surface area (Å²) in [5.41, 5.74) is 1.04. The smallest absolute Gasteiger partial charge is 0.0902 e. The van der Waals surface area contributed by atoms with E-state index in [1.165, 1.54) is 0 Å². The Morgan fingerprint density at radius 2 is 2.14 bits per heavy atom. The van der Waals surface area contributed by atoms with Crippen LogP contribution in [0.5, 0.6) is 0 Å². The van der Waals surface area contributed by atoms with Gasteiger partial charge in [-0.05, 0) is 18.1 Å². The maximum atomic E-state index is 11.9. The first-order chi connectivity index (χ1) is 6.88. The fraction of sp³-hybridized carbons (Fsp3) is 0.364. The van der Waals surface area contributed by atoms with Gasteiger partial charge in [-0.2, -0.15) is 5.26 Å². The highest BCUT2D eigenvalue weighted by molar-refractivity contribution is 7.99. The fourth-order valence-corrected chi connectivity index (χ4v) is 2.09. The summed E-state index contributed by atoms with van der Waals surface area (Å²) in [6.07, 6.45) is 1.00. The molecule has 1 aromatic carbocycles. The summed E-state index contributed by atoms with van der Waals surface area (Å²) in [5, 5.41) is 8.60. The average molecular weight is 209 g/mol. The van der Waals surface area contributed by atoms with Gasteiger partial charge in [-0.25, -0.2) is 0 Å². The van der Waals surface area contributed by atoms with Gasteiger partial charge < -0.3 is 0 Å². The molecule has 0 amide bonds. The summed E-state index contributed by atoms with van der Waals surface area (Å²) >= 11 is 1.62. The molecule has 0 aromatic heterocycles. The molecule has 0 heterocycles. The SMILES string of the molecule is N#CCc1ccccc1SCCCF. The molecular formula is C11H12FNS. The van der Waals surface area contributed by atoms with Crippen LogP contribution in [-0.2, 0) is 6.42 Å². The van der Waals surface area contributed by atoms with Crippen LogP contribution in [0.2, 0.25) is 0 Å². The third-order valence-electron chi connectivity index (χ3n) is 1.78. The minimum absolute atomic E-state index is 0.270. The molecule has 0 aliphatic carbocycles. The Kier molecular flexibility index (Phi) is 5.09. The molecule has 0 aliphatic rings. The van der Waals surface area contributed by atoms with Crippen LogP contribution in [0.3, 0.4) is 0 Å². The minimum atomic E-state index is -0.270. The van der Waals surface area contributed by atoms with Gasteiger partial charge >= 0.3 is 0 Å². The van der Waals surface area contributed by atoms with Crippen LogP contribution in [0, 0.1) is 11.3 Å². The van der Waals surface area contributed by atoms with Crippen molar-refractivity contribution in [2.24, 2.45) is 0 Å². The Morgan fingerprint density at radius 3 is 2.86 bits per heavy atom. The zero-order chi connectivity index (χ0) is 10.2. The Hall–Kier alpha value is -1.01. The van der Waals surface area contributed by atoms with Crippen LogP contribution in [-0.4, -0.2) is 12.4 Å². The van der Waals surface area contributed by atoms with Gasteiger partial charge in [0, 0.05) is 10.6 Å². The monoisotopic (exact) mass is 209 g/mol. The Morgan fingerprint density at radius 1 is 1.36 bits per heavy atom. The molecule has 0 spiro atoms. The maximum absolute atomic E-state index is 11.9. The number of nitriles is 1. The van der Waals surface area contributed by atoms with E-state index in [0.29, 0.717) is 12.8 Å². The first kappa shape index (κ1) is 11.1. The first-order valence-electron chi connectivity index (χ1n) is 4.52. The van der Waals surface area contributed by atoms with Crippen LogP contribution in [0.4, 0.5) is 4.39 Å². The van der Waals surface area contributed by atoms with E-state index in [1.54, 1.807) is 11.8 Å². The molecule has 1 aromatic rings. The summed E-state index contributed by atoms with van der Waals surface area (Å²) < 4.78 is 11.9. The normalized spacial score (nSPS) is 9.71. The maximum Gasteiger partial charge on any atom is 0.0902 e. The lowest BCUT2D eigenvalue weighted by Crippen LogP contribution is -1.88. The zero-order valence-electron chi connectivity index (χ0n) is 7.87. The molecule has 74 valence electrons. The number of hydrogen-bond acceptors (Lipinski definition) is 2. The molecule has 0 N–H and O–H groups in total. The highest BCUT2D eigenvalue weighted by atomic mass is 32.2. The van der Waals surface area contributed by atoms with Gasteiger partial charge in [-0.15, -0.1) is 11.8 Å². The van der Waals surface area contributed by atoms with Crippen molar-refractivity contribution in [1.29, 1.82) is 5.26 Å². The van der Waals surface area contributed by atoms with Crippen molar-refractivity contribution < 1.29 is 4.39 Å². The fourth-order valence-electron chi connectivity index (χ4n) is 1.11. The van der Waals surface area contributed by atoms with Crippen LogP contribution < -0.4 is 0 Å². The Balaban J connectivity index is 2.60. The van der Waals surface area contributed by atoms with E-state index in [1.807, 2.05) is 24.3 Å². The van der Waals surface area contributed by atoms with Crippen molar-refractivity contribution in [3.8, 4) is 6.07 Å². The standard InChI is InChI=1S/C11H12FNS/c12-7-3-9-14-11-5-2-1-4-10(11)6-8-13/h1-2,4-5H,3,6-7,9H2. The first-order valence-corrected chi connectivity index (χ1v) is 5.50. The number of halogens is 1. The summed E-state index contributed by atoms with van der Waals surface area (Å²) in [6.45, 7) is -0.270. The van der Waals surface area contributed by atoms with Gasteiger partial charge in [0.05, 0.1) is 19.2 Å². The van der Waals surface area contributed by atoms with E-state index in [2.05, 4.69) is 6.07 Å². The highest BCUT2D eigenvalue weighted by Gasteiger charge is 2.00. The van der Waals surface area contributed by atoms with Crippen LogP contribution in [0.15, 0.2) is 29.2 Å². The molecule has 0 unspecified atom stereocenters. The van der Waals surface area contributed by atoms with E-state index < -0.39 is 0 Å². The lowest BCUT2D eigenvalue weighted by Gasteiger charge is -2.04. The molecule has 1 rings (SSSR count). The number of rotatable bonds is 5. The molecule has 0 saturated heterocycles. The molecule has 0 radical (unpaired) electrons. The summed E-state index contributed by atoms with van der Waals surface area (Å²) in [6, 6.07) is 9.92. The molecular weight excluding hydrogens is 197 g/mol. The minimum Gasteiger partial charge on any atom is -0.251 e. The van der Waals surface area contributed by atoms with E-state index in [-0.39, 0.29) is 6.67 Å². The van der Waals surface area contributed by atoms with Gasteiger partial charge in [-0.1, -0.05) is 18.2 Å². The lowest BCUT2D eigenvalue weighted by molar-refractivity contribution is 0.489. The van der Waals surface area contributed by atoms with Crippen molar-refractivity contribution in [3.05, 3.63) is 29.8 Å². The number of thioether (sulfide) groups is 1. The Bertz CT molecular complexity index is 319. The van der Waals surface area contributed by atoms with Crippen molar-refractivity contribution in [3.63, 3.8) is 0 Å². The van der Waals surface area contributed by atoms with Gasteiger partial charge in [0.1, 0.15) is 0 Å². The molecule has 14 heavy (non-hydrogen) atoms. The molecule has 0 bridgehead atoms. The van der Waals surface area contributed by atoms with Crippen molar-refractivity contribution in [1.82, 2.24) is 0 Å². The second-order valence-corrected chi connectivity index (χ2v) is 3.97. The van der Waals surface area contributed by atoms with Crippen LogP contribution in [0.25, 0.3) is 0 Å². The van der Waals surface area contributed by atoms with E-state index >= 15 is 0 Å². The molecule has 3 heteroatoms. The number of nitrogens with zero attached hydrogens (tertiary/aromatic N) is 1. The Labute approximate surface area is 87.9 Å². The topological polar surface area (TPSA) is 23.8 Å². The van der Waals surface area contributed by atoms with E-state index in [0.717, 1.165) is 16.2 Å². The predicted octanol–water partition coefficient (Wildman–Crippen LogP) is 3.20. The van der Waals surface area contributed by atoms with Crippen LogP contribution >= 0.6 is 11.8 Å². The number of alkyl halides is 1. The van der Waals surface area contributed by atoms with Crippen LogP contribution in [0.1, 0.15) is 12.0 Å². The van der Waals surface area contributed by atoms with Crippen molar-refractivity contribution in [2.75, 3.05) is 12.4 Å². The predicted molar refractivity (Wildman–Crippen MR) is 57.1 cm³/mol. The average Bonchev–Trinajstić information content (AvgIpc) is 2.21. The largest absolute Gasteiger partial charge is 0.251 e. The third-order valence-corrected chi connectivity index (χ3v) is 2.98. The second kappa shape index (κ2) is 6.44.